The van der Waals surface area contributed by atoms with Crippen molar-refractivity contribution in [3.63, 3.8) is 0 Å². The average Bonchev–Trinajstić information content (AvgIpc) is 2.64. The molecular weight excluding hydrogens is 280 g/mol. The fourth-order valence-electron chi connectivity index (χ4n) is 2.12. The zero-order valence-electron chi connectivity index (χ0n) is 11.8. The quantitative estimate of drug-likeness (QED) is 0.851. The van der Waals surface area contributed by atoms with Gasteiger partial charge in [-0.15, -0.1) is 0 Å². The zero-order chi connectivity index (χ0) is 14.9. The van der Waals surface area contributed by atoms with Crippen LogP contribution < -0.4 is 11.2 Å². The molecule has 0 aliphatic rings. The van der Waals surface area contributed by atoms with Gasteiger partial charge < -0.3 is 4.57 Å². The lowest BCUT2D eigenvalue weighted by Crippen LogP contribution is -2.39. The van der Waals surface area contributed by atoms with E-state index in [0.29, 0.717) is 23.0 Å². The fraction of sp³-hybridized carbons (Fsp3) is 0.462. The molecule has 2 aromatic rings. The maximum Gasteiger partial charge on any atom is 0.331 e. The fourth-order valence-corrected chi connectivity index (χ4v) is 2.33. The van der Waals surface area contributed by atoms with Crippen LogP contribution in [0.15, 0.2) is 21.9 Å². The molecule has 0 unspecified atom stereocenters. The van der Waals surface area contributed by atoms with Gasteiger partial charge in [-0.3, -0.25) is 14.0 Å². The standard InChI is InChI=1S/C13H17ClN4O2/c1-4-6-17-7-5-11(19)18(13(17)20)8-10-12(14)9(2)15-16(10)3/h5,7H,4,6,8H2,1-3H3. The minimum absolute atomic E-state index is 0.123. The van der Waals surface area contributed by atoms with Crippen LogP contribution in [-0.4, -0.2) is 18.9 Å². The van der Waals surface area contributed by atoms with Crippen molar-refractivity contribution < 1.29 is 0 Å². The van der Waals surface area contributed by atoms with Gasteiger partial charge in [-0.05, 0) is 13.3 Å². The van der Waals surface area contributed by atoms with Crippen LogP contribution in [0.4, 0.5) is 0 Å². The Bertz CT molecular complexity index is 742. The molecule has 6 nitrogen and oxygen atoms in total. The van der Waals surface area contributed by atoms with E-state index in [4.69, 9.17) is 11.6 Å². The molecule has 0 aliphatic heterocycles. The van der Waals surface area contributed by atoms with Crippen molar-refractivity contribution in [3.05, 3.63) is 49.5 Å². The first kappa shape index (κ1) is 14.6. The number of aryl methyl sites for hydroxylation is 3. The summed E-state index contributed by atoms with van der Waals surface area (Å²) in [5.74, 6) is 0. The third-order valence-electron chi connectivity index (χ3n) is 3.17. The van der Waals surface area contributed by atoms with Crippen LogP contribution >= 0.6 is 11.6 Å². The van der Waals surface area contributed by atoms with Gasteiger partial charge in [-0.25, -0.2) is 4.79 Å². The van der Waals surface area contributed by atoms with E-state index in [9.17, 15) is 9.59 Å². The maximum atomic E-state index is 12.3. The number of hydrogen-bond acceptors (Lipinski definition) is 3. The normalized spacial score (nSPS) is 11.0. The summed E-state index contributed by atoms with van der Waals surface area (Å²) >= 11 is 6.16. The molecule has 0 radical (unpaired) electrons. The lowest BCUT2D eigenvalue weighted by atomic mass is 10.3. The first-order valence-electron chi connectivity index (χ1n) is 6.44. The summed E-state index contributed by atoms with van der Waals surface area (Å²) in [5.41, 5.74) is 0.672. The van der Waals surface area contributed by atoms with Gasteiger partial charge in [-0.1, -0.05) is 18.5 Å². The summed E-state index contributed by atoms with van der Waals surface area (Å²) in [7, 11) is 1.74. The van der Waals surface area contributed by atoms with Crippen molar-refractivity contribution in [2.75, 3.05) is 0 Å². The molecule has 0 spiro atoms. The van der Waals surface area contributed by atoms with Crippen LogP contribution in [0.3, 0.4) is 0 Å². The minimum atomic E-state index is -0.336. The van der Waals surface area contributed by atoms with Gasteiger partial charge in [0.1, 0.15) is 0 Å². The van der Waals surface area contributed by atoms with Gasteiger partial charge in [0.05, 0.1) is 23.0 Å². The van der Waals surface area contributed by atoms with Crippen LogP contribution in [0, 0.1) is 6.92 Å². The highest BCUT2D eigenvalue weighted by Crippen LogP contribution is 2.19. The molecule has 0 saturated carbocycles. The smallest absolute Gasteiger partial charge is 0.300 e. The van der Waals surface area contributed by atoms with E-state index in [1.54, 1.807) is 18.7 Å². The second-order valence-corrected chi connectivity index (χ2v) is 5.06. The Morgan fingerprint density at radius 1 is 1.35 bits per heavy atom. The molecular formula is C13H17ClN4O2. The van der Waals surface area contributed by atoms with Gasteiger partial charge in [0.15, 0.2) is 0 Å². The molecule has 2 rings (SSSR count). The van der Waals surface area contributed by atoms with Crippen molar-refractivity contribution in [2.24, 2.45) is 7.05 Å². The van der Waals surface area contributed by atoms with Crippen LogP contribution in [0.1, 0.15) is 24.7 Å². The Morgan fingerprint density at radius 2 is 2.05 bits per heavy atom. The lowest BCUT2D eigenvalue weighted by molar-refractivity contribution is 0.555. The minimum Gasteiger partial charge on any atom is -0.300 e. The average molecular weight is 297 g/mol. The second kappa shape index (κ2) is 5.66. The molecule has 2 aromatic heterocycles. The highest BCUT2D eigenvalue weighted by atomic mass is 35.5. The third-order valence-corrected chi connectivity index (χ3v) is 3.67. The molecule has 0 fully saturated rings. The molecule has 0 aromatic carbocycles. The molecule has 0 aliphatic carbocycles. The van der Waals surface area contributed by atoms with Gasteiger partial charge in [0, 0.05) is 25.9 Å². The van der Waals surface area contributed by atoms with E-state index in [2.05, 4.69) is 5.10 Å². The molecule has 0 N–H and O–H groups in total. The molecule has 2 heterocycles. The molecule has 7 heteroatoms. The topological polar surface area (TPSA) is 61.8 Å². The SMILES string of the molecule is CCCn1ccc(=O)n(Cc2c(Cl)c(C)nn2C)c1=O. The molecule has 0 atom stereocenters. The molecule has 20 heavy (non-hydrogen) atoms. The van der Waals surface area contributed by atoms with Gasteiger partial charge >= 0.3 is 5.69 Å². The predicted octanol–water partition coefficient (Wildman–Crippen LogP) is 1.16. The summed E-state index contributed by atoms with van der Waals surface area (Å²) in [6, 6.07) is 1.40. The number of rotatable bonds is 4. The highest BCUT2D eigenvalue weighted by molar-refractivity contribution is 6.31. The summed E-state index contributed by atoms with van der Waals surface area (Å²) in [5, 5.41) is 4.68. The van der Waals surface area contributed by atoms with Gasteiger partial charge in [-0.2, -0.15) is 5.10 Å². The predicted molar refractivity (Wildman–Crippen MR) is 77.3 cm³/mol. The van der Waals surface area contributed by atoms with Gasteiger partial charge in [0.2, 0.25) is 0 Å². The molecule has 0 saturated heterocycles. The van der Waals surface area contributed by atoms with Crippen LogP contribution in [0.25, 0.3) is 0 Å². The van der Waals surface area contributed by atoms with E-state index in [0.717, 1.165) is 6.42 Å². The monoisotopic (exact) mass is 296 g/mol. The number of aromatic nitrogens is 4. The Kier molecular flexibility index (Phi) is 4.13. The summed E-state index contributed by atoms with van der Waals surface area (Å²) < 4.78 is 4.30. The van der Waals surface area contributed by atoms with Crippen molar-refractivity contribution >= 4 is 11.6 Å². The zero-order valence-corrected chi connectivity index (χ0v) is 12.5. The van der Waals surface area contributed by atoms with Crippen molar-refractivity contribution in [1.29, 1.82) is 0 Å². The van der Waals surface area contributed by atoms with E-state index < -0.39 is 0 Å². The van der Waals surface area contributed by atoms with Gasteiger partial charge in [0.25, 0.3) is 5.56 Å². The largest absolute Gasteiger partial charge is 0.331 e. The van der Waals surface area contributed by atoms with Crippen LogP contribution in [-0.2, 0) is 20.1 Å². The number of nitrogens with zero attached hydrogens (tertiary/aromatic N) is 4. The first-order chi connectivity index (χ1) is 9.45. The molecule has 0 amide bonds. The van der Waals surface area contributed by atoms with Crippen LogP contribution in [0.5, 0.6) is 0 Å². The summed E-state index contributed by atoms with van der Waals surface area (Å²) in [4.78, 5) is 24.2. The van der Waals surface area contributed by atoms with Crippen molar-refractivity contribution in [3.8, 4) is 0 Å². The maximum absolute atomic E-state index is 12.3. The van der Waals surface area contributed by atoms with E-state index in [1.165, 1.54) is 21.4 Å². The Morgan fingerprint density at radius 3 is 2.60 bits per heavy atom. The summed E-state index contributed by atoms with van der Waals surface area (Å²) in [6.07, 6.45) is 2.35. The Labute approximate surface area is 121 Å². The van der Waals surface area contributed by atoms with Crippen LogP contribution in [0.2, 0.25) is 5.02 Å². The number of hydrogen-bond donors (Lipinski definition) is 0. The molecule has 108 valence electrons. The van der Waals surface area contributed by atoms with E-state index in [-0.39, 0.29) is 17.8 Å². The Balaban J connectivity index is 2.51. The lowest BCUT2D eigenvalue weighted by Gasteiger charge is -2.09. The highest BCUT2D eigenvalue weighted by Gasteiger charge is 2.14. The van der Waals surface area contributed by atoms with Crippen molar-refractivity contribution in [1.82, 2.24) is 18.9 Å². The van der Waals surface area contributed by atoms with E-state index in [1.807, 2.05) is 6.92 Å². The molecule has 0 bridgehead atoms. The second-order valence-electron chi connectivity index (χ2n) is 4.69. The summed E-state index contributed by atoms with van der Waals surface area (Å²) in [6.45, 7) is 4.47. The van der Waals surface area contributed by atoms with Crippen molar-refractivity contribution in [2.45, 2.75) is 33.4 Å². The van der Waals surface area contributed by atoms with E-state index >= 15 is 0 Å². The Hall–Kier alpha value is -1.82. The third kappa shape index (κ3) is 2.56. The number of halogens is 1. The first-order valence-corrected chi connectivity index (χ1v) is 6.81.